The SMILES string of the molecule is CC(CC(=O)c1nc(N2C[C@@H](C)N(C)[C@H](C)C2)n[nH]1)Cc1c[nH]c2ccccc12. The van der Waals surface area contributed by atoms with Crippen LogP contribution in [0.2, 0.25) is 0 Å². The lowest BCUT2D eigenvalue weighted by molar-refractivity contribution is 0.0955. The van der Waals surface area contributed by atoms with Gasteiger partial charge in [-0.3, -0.25) is 14.8 Å². The van der Waals surface area contributed by atoms with Gasteiger partial charge in [0.05, 0.1) is 0 Å². The van der Waals surface area contributed by atoms with Gasteiger partial charge >= 0.3 is 0 Å². The van der Waals surface area contributed by atoms with Crippen molar-refractivity contribution >= 4 is 22.6 Å². The van der Waals surface area contributed by atoms with Crippen LogP contribution in [0.4, 0.5) is 5.95 Å². The van der Waals surface area contributed by atoms with Gasteiger partial charge in [0, 0.05) is 48.7 Å². The first-order valence-electron chi connectivity index (χ1n) is 10.4. The van der Waals surface area contributed by atoms with E-state index >= 15 is 0 Å². The molecule has 1 aliphatic rings. The predicted octanol–water partition coefficient (Wildman–Crippen LogP) is 3.27. The standard InChI is InChI=1S/C22H30N6O/c1-14(9-17-11-23-19-8-6-5-7-18(17)19)10-20(29)21-24-22(26-25-21)28-12-15(2)27(4)16(3)13-28/h5-8,11,14-16,23H,9-10,12-13H2,1-4H3,(H,24,25,26)/t14?,15-,16-/m1/s1. The number of rotatable bonds is 6. The molecule has 1 aromatic carbocycles. The number of likely N-dealkylation sites (N-methyl/N-ethyl adjacent to an activating group) is 1. The number of H-pyrrole nitrogens is 2. The van der Waals surface area contributed by atoms with Crippen LogP contribution >= 0.6 is 0 Å². The number of piperazine rings is 1. The molecule has 4 rings (SSSR count). The van der Waals surface area contributed by atoms with E-state index in [9.17, 15) is 4.79 Å². The normalized spacial score (nSPS) is 21.6. The van der Waals surface area contributed by atoms with E-state index in [1.165, 1.54) is 10.9 Å². The highest BCUT2D eigenvalue weighted by molar-refractivity contribution is 5.93. The zero-order valence-corrected chi connectivity index (χ0v) is 17.6. The second-order valence-electron chi connectivity index (χ2n) is 8.55. The molecule has 0 bridgehead atoms. The molecule has 7 heteroatoms. The quantitative estimate of drug-likeness (QED) is 0.627. The number of fused-ring (bicyclic) bond motifs is 1. The topological polar surface area (TPSA) is 80.9 Å². The van der Waals surface area contributed by atoms with Crippen molar-refractivity contribution in [1.82, 2.24) is 25.1 Å². The fourth-order valence-electron chi connectivity index (χ4n) is 4.25. The third kappa shape index (κ3) is 4.05. The summed E-state index contributed by atoms with van der Waals surface area (Å²) in [5, 5.41) is 8.42. The molecule has 1 fully saturated rings. The van der Waals surface area contributed by atoms with Crippen LogP contribution in [-0.2, 0) is 6.42 Å². The number of aromatic amines is 2. The van der Waals surface area contributed by atoms with Crippen LogP contribution in [0.25, 0.3) is 10.9 Å². The van der Waals surface area contributed by atoms with Gasteiger partial charge in [-0.25, -0.2) is 0 Å². The summed E-state index contributed by atoms with van der Waals surface area (Å²) in [6, 6.07) is 9.12. The van der Waals surface area contributed by atoms with E-state index in [1.54, 1.807) is 0 Å². The first-order valence-corrected chi connectivity index (χ1v) is 10.4. The van der Waals surface area contributed by atoms with E-state index in [2.05, 4.69) is 69.9 Å². The van der Waals surface area contributed by atoms with Crippen molar-refractivity contribution < 1.29 is 4.79 Å². The number of hydrogen-bond acceptors (Lipinski definition) is 5. The highest BCUT2D eigenvalue weighted by atomic mass is 16.1. The fourth-order valence-corrected chi connectivity index (χ4v) is 4.25. The molecule has 3 atom stereocenters. The molecule has 1 aliphatic heterocycles. The molecule has 154 valence electrons. The molecule has 2 aromatic heterocycles. The second-order valence-corrected chi connectivity index (χ2v) is 8.55. The highest BCUT2D eigenvalue weighted by Crippen LogP contribution is 2.23. The number of anilines is 1. The molecule has 3 aromatic rings. The van der Waals surface area contributed by atoms with E-state index in [0.29, 0.717) is 30.3 Å². The molecule has 2 N–H and O–H groups in total. The van der Waals surface area contributed by atoms with Crippen molar-refractivity contribution in [3.05, 3.63) is 41.9 Å². The Morgan fingerprint density at radius 3 is 2.72 bits per heavy atom. The lowest BCUT2D eigenvalue weighted by atomic mass is 9.95. The minimum Gasteiger partial charge on any atom is -0.361 e. The Morgan fingerprint density at radius 1 is 1.24 bits per heavy atom. The van der Waals surface area contributed by atoms with Gasteiger partial charge in [-0.2, -0.15) is 4.98 Å². The Kier molecular flexibility index (Phi) is 5.41. The van der Waals surface area contributed by atoms with Crippen LogP contribution in [-0.4, -0.2) is 63.1 Å². The van der Waals surface area contributed by atoms with E-state index in [1.807, 2.05) is 18.3 Å². The summed E-state index contributed by atoms with van der Waals surface area (Å²) in [5.74, 6) is 1.24. The third-order valence-corrected chi connectivity index (χ3v) is 6.16. The predicted molar refractivity (Wildman–Crippen MR) is 115 cm³/mol. The first kappa shape index (κ1) is 19.6. The van der Waals surface area contributed by atoms with Crippen LogP contribution < -0.4 is 4.90 Å². The number of aromatic nitrogens is 4. The zero-order valence-electron chi connectivity index (χ0n) is 17.6. The van der Waals surface area contributed by atoms with Crippen LogP contribution in [0.5, 0.6) is 0 Å². The van der Waals surface area contributed by atoms with Crippen molar-refractivity contribution in [3.63, 3.8) is 0 Å². The van der Waals surface area contributed by atoms with E-state index in [4.69, 9.17) is 0 Å². The number of carbonyl (C=O) groups is 1. The largest absolute Gasteiger partial charge is 0.361 e. The number of Topliss-reactive ketones (excluding diaryl/α,β-unsaturated/α-hetero) is 1. The number of nitrogens with zero attached hydrogens (tertiary/aromatic N) is 4. The lowest BCUT2D eigenvalue weighted by Crippen LogP contribution is -2.55. The van der Waals surface area contributed by atoms with Crippen molar-refractivity contribution in [3.8, 4) is 0 Å². The molecule has 7 nitrogen and oxygen atoms in total. The highest BCUT2D eigenvalue weighted by Gasteiger charge is 2.29. The van der Waals surface area contributed by atoms with Crippen molar-refractivity contribution in [2.24, 2.45) is 5.92 Å². The van der Waals surface area contributed by atoms with Crippen LogP contribution in [0.3, 0.4) is 0 Å². The average Bonchev–Trinajstić information content (AvgIpc) is 3.34. The number of nitrogens with one attached hydrogen (secondary N) is 2. The maximum atomic E-state index is 12.8. The van der Waals surface area contributed by atoms with Gasteiger partial charge in [-0.15, -0.1) is 5.10 Å². The third-order valence-electron chi connectivity index (χ3n) is 6.16. The number of hydrogen-bond donors (Lipinski definition) is 2. The van der Waals surface area contributed by atoms with E-state index in [-0.39, 0.29) is 11.7 Å². The van der Waals surface area contributed by atoms with Gasteiger partial charge in [-0.1, -0.05) is 25.1 Å². The Labute approximate surface area is 171 Å². The molecule has 1 saturated heterocycles. The smallest absolute Gasteiger partial charge is 0.245 e. The Hall–Kier alpha value is -2.67. The number of para-hydroxylation sites is 1. The average molecular weight is 395 g/mol. The number of benzene rings is 1. The summed E-state index contributed by atoms with van der Waals surface area (Å²) in [5.41, 5.74) is 2.39. The maximum Gasteiger partial charge on any atom is 0.245 e. The summed E-state index contributed by atoms with van der Waals surface area (Å²) in [6.45, 7) is 8.24. The summed E-state index contributed by atoms with van der Waals surface area (Å²) in [4.78, 5) is 25.1. The molecule has 0 radical (unpaired) electrons. The molecular weight excluding hydrogens is 364 g/mol. The summed E-state index contributed by atoms with van der Waals surface area (Å²) in [7, 11) is 2.15. The lowest BCUT2D eigenvalue weighted by Gasteiger charge is -2.41. The molecule has 0 spiro atoms. The summed E-state index contributed by atoms with van der Waals surface area (Å²) >= 11 is 0. The van der Waals surface area contributed by atoms with Crippen LogP contribution in [0, 0.1) is 5.92 Å². The van der Waals surface area contributed by atoms with Gasteiger partial charge in [0.25, 0.3) is 0 Å². The molecule has 29 heavy (non-hydrogen) atoms. The van der Waals surface area contributed by atoms with Crippen molar-refractivity contribution in [1.29, 1.82) is 0 Å². The zero-order chi connectivity index (χ0) is 20.5. The van der Waals surface area contributed by atoms with Gasteiger partial charge in [0.2, 0.25) is 5.95 Å². The number of ketones is 1. The van der Waals surface area contributed by atoms with Crippen molar-refractivity contribution in [2.75, 3.05) is 25.0 Å². The van der Waals surface area contributed by atoms with Crippen LogP contribution in [0.15, 0.2) is 30.5 Å². The number of carbonyl (C=O) groups excluding carboxylic acids is 1. The van der Waals surface area contributed by atoms with E-state index in [0.717, 1.165) is 25.0 Å². The first-order chi connectivity index (χ1) is 13.9. The van der Waals surface area contributed by atoms with Gasteiger partial charge in [0.1, 0.15) is 0 Å². The van der Waals surface area contributed by atoms with Gasteiger partial charge in [0.15, 0.2) is 11.6 Å². The Morgan fingerprint density at radius 2 is 1.97 bits per heavy atom. The van der Waals surface area contributed by atoms with Gasteiger partial charge < -0.3 is 9.88 Å². The van der Waals surface area contributed by atoms with Crippen molar-refractivity contribution in [2.45, 2.75) is 45.7 Å². The summed E-state index contributed by atoms with van der Waals surface area (Å²) < 4.78 is 0. The van der Waals surface area contributed by atoms with Crippen LogP contribution in [0.1, 0.15) is 43.4 Å². The molecule has 0 saturated carbocycles. The minimum absolute atomic E-state index is 0.0197. The second kappa shape index (κ2) is 7.99. The molecule has 0 aliphatic carbocycles. The maximum absolute atomic E-state index is 12.8. The van der Waals surface area contributed by atoms with Gasteiger partial charge in [-0.05, 0) is 44.9 Å². The Balaban J connectivity index is 1.39. The molecular formula is C22H30N6O. The van der Waals surface area contributed by atoms with E-state index < -0.39 is 0 Å². The summed E-state index contributed by atoms with van der Waals surface area (Å²) in [6.07, 6.45) is 3.35. The minimum atomic E-state index is 0.0197. The molecule has 0 amide bonds. The molecule has 3 heterocycles. The Bertz CT molecular complexity index is 980. The fraction of sp³-hybridized carbons (Fsp3) is 0.500. The molecule has 1 unspecified atom stereocenters. The monoisotopic (exact) mass is 394 g/mol.